The van der Waals surface area contributed by atoms with Crippen LogP contribution in [-0.4, -0.2) is 31.1 Å². The topological polar surface area (TPSA) is 92.7 Å². The van der Waals surface area contributed by atoms with Gasteiger partial charge in [-0.2, -0.15) is 0 Å². The van der Waals surface area contributed by atoms with Crippen molar-refractivity contribution in [3.8, 4) is 0 Å². The fourth-order valence-corrected chi connectivity index (χ4v) is 8.42. The number of ether oxygens (including phenoxy) is 1. The molecule has 0 radical (unpaired) electrons. The Morgan fingerprint density at radius 2 is 1.67 bits per heavy atom. The molecule has 166 valence electrons. The largest absolute Gasteiger partial charge is 1.00 e. The van der Waals surface area contributed by atoms with Gasteiger partial charge in [0.2, 0.25) is 10.4 Å². The third-order valence-electron chi connectivity index (χ3n) is 9.44. The Kier molecular flexibility index (Phi) is 6.40. The van der Waals surface area contributed by atoms with E-state index in [0.717, 1.165) is 25.7 Å². The number of carbonyl (C=O) groups is 1. The Morgan fingerprint density at radius 1 is 1.03 bits per heavy atom. The van der Waals surface area contributed by atoms with Crippen LogP contribution in [0.3, 0.4) is 0 Å². The molecule has 0 saturated heterocycles. The molecular formula is C22H35NaO6S. The van der Waals surface area contributed by atoms with Crippen LogP contribution >= 0.6 is 0 Å². The summed E-state index contributed by atoms with van der Waals surface area (Å²) >= 11 is 0. The van der Waals surface area contributed by atoms with Crippen molar-refractivity contribution in [2.45, 2.75) is 85.9 Å². The van der Waals surface area contributed by atoms with Crippen LogP contribution in [0.2, 0.25) is 0 Å². The van der Waals surface area contributed by atoms with Gasteiger partial charge in [0.25, 0.3) is 0 Å². The predicted octanol–water partition coefficient (Wildman–Crippen LogP) is 0.912. The summed E-state index contributed by atoms with van der Waals surface area (Å²) in [4.78, 5) is 11.7. The molecule has 0 aromatic rings. The molecule has 9 atom stereocenters. The van der Waals surface area contributed by atoms with Crippen LogP contribution in [0.15, 0.2) is 0 Å². The molecule has 0 aromatic carbocycles. The van der Waals surface area contributed by atoms with E-state index in [4.69, 9.17) is 8.92 Å². The molecule has 0 heterocycles. The van der Waals surface area contributed by atoms with Gasteiger partial charge in [0.1, 0.15) is 6.10 Å². The molecular weight excluding hydrogens is 415 g/mol. The van der Waals surface area contributed by atoms with Crippen LogP contribution in [0.5, 0.6) is 0 Å². The number of hydrogen-bond acceptors (Lipinski definition) is 6. The normalized spacial score (nSPS) is 49.5. The number of rotatable bonds is 4. The van der Waals surface area contributed by atoms with Crippen molar-refractivity contribution >= 4 is 16.4 Å². The van der Waals surface area contributed by atoms with Gasteiger partial charge in [-0.15, -0.1) is 0 Å². The zero-order valence-electron chi connectivity index (χ0n) is 19.4. The van der Waals surface area contributed by atoms with Crippen LogP contribution in [-0.2, 0) is 24.1 Å². The van der Waals surface area contributed by atoms with Crippen molar-refractivity contribution in [1.82, 2.24) is 0 Å². The molecule has 0 N–H and O–H groups in total. The maximum atomic E-state index is 11.7. The van der Waals surface area contributed by atoms with E-state index in [1.165, 1.54) is 6.92 Å². The fourth-order valence-electron chi connectivity index (χ4n) is 7.83. The molecule has 30 heavy (non-hydrogen) atoms. The Bertz CT molecular complexity index is 814. The van der Waals surface area contributed by atoms with Gasteiger partial charge in [-0.3, -0.25) is 8.98 Å². The predicted molar refractivity (Wildman–Crippen MR) is 106 cm³/mol. The molecule has 8 heteroatoms. The summed E-state index contributed by atoms with van der Waals surface area (Å²) in [6, 6.07) is 0. The average molecular weight is 451 g/mol. The van der Waals surface area contributed by atoms with Gasteiger partial charge >= 0.3 is 35.5 Å². The summed E-state index contributed by atoms with van der Waals surface area (Å²) < 4.78 is 45.3. The van der Waals surface area contributed by atoms with Crippen molar-refractivity contribution in [2.75, 3.05) is 0 Å². The minimum atomic E-state index is -4.73. The first kappa shape index (κ1) is 25.0. The summed E-state index contributed by atoms with van der Waals surface area (Å²) in [7, 11) is -4.73. The van der Waals surface area contributed by atoms with E-state index in [2.05, 4.69) is 34.6 Å². The van der Waals surface area contributed by atoms with Crippen molar-refractivity contribution in [3.63, 3.8) is 0 Å². The molecule has 1 unspecified atom stereocenters. The molecule has 4 aliphatic rings. The Hall–Kier alpha value is 0.340. The SMILES string of the molecule is CC(=O)O[C@@H]1C[C@]2(C)CC[C@]3(C)[C@H](C(C(C)C)C[C@H]3OS(=O)(=O)[O-])[C@H]2[C@@H]2C[C@]12C.[Na+]. The first-order valence-corrected chi connectivity index (χ1v) is 12.4. The smallest absolute Gasteiger partial charge is 0.726 e. The van der Waals surface area contributed by atoms with E-state index < -0.39 is 16.5 Å². The van der Waals surface area contributed by atoms with Gasteiger partial charge in [-0.25, -0.2) is 8.42 Å². The summed E-state index contributed by atoms with van der Waals surface area (Å²) in [5.74, 6) is 1.73. The van der Waals surface area contributed by atoms with E-state index >= 15 is 0 Å². The minimum absolute atomic E-state index is 0. The van der Waals surface area contributed by atoms with E-state index in [1.54, 1.807) is 0 Å². The van der Waals surface area contributed by atoms with Gasteiger partial charge in [-0.05, 0) is 72.5 Å². The van der Waals surface area contributed by atoms with Gasteiger partial charge in [0.15, 0.2) is 0 Å². The van der Waals surface area contributed by atoms with Crippen LogP contribution in [0.1, 0.15) is 73.6 Å². The molecule has 4 fully saturated rings. The summed E-state index contributed by atoms with van der Waals surface area (Å²) in [5, 5.41) is 0. The first-order chi connectivity index (χ1) is 13.2. The summed E-state index contributed by atoms with van der Waals surface area (Å²) in [6.45, 7) is 12.6. The van der Waals surface area contributed by atoms with Gasteiger partial charge < -0.3 is 9.29 Å². The number of esters is 1. The van der Waals surface area contributed by atoms with Crippen LogP contribution in [0.25, 0.3) is 0 Å². The molecule has 0 aliphatic heterocycles. The summed E-state index contributed by atoms with van der Waals surface area (Å²) in [5.41, 5.74) is -0.239. The minimum Gasteiger partial charge on any atom is -0.726 e. The number of fused-ring (bicyclic) bond motifs is 5. The Balaban J connectivity index is 0.00000256. The second-order valence-electron chi connectivity index (χ2n) is 11.5. The second-order valence-corrected chi connectivity index (χ2v) is 12.5. The van der Waals surface area contributed by atoms with Crippen LogP contribution in [0, 0.1) is 45.8 Å². The van der Waals surface area contributed by atoms with Crippen molar-refractivity contribution < 1.29 is 56.2 Å². The molecule has 0 aromatic heterocycles. The monoisotopic (exact) mass is 450 g/mol. The summed E-state index contributed by atoms with van der Waals surface area (Å²) in [6.07, 6.45) is 3.75. The average Bonchev–Trinajstić information content (AvgIpc) is 3.16. The Labute approximate surface area is 203 Å². The Morgan fingerprint density at radius 3 is 2.20 bits per heavy atom. The number of hydrogen-bond donors (Lipinski definition) is 0. The van der Waals surface area contributed by atoms with Crippen molar-refractivity contribution in [2.24, 2.45) is 45.8 Å². The molecule has 6 nitrogen and oxygen atoms in total. The number of carbonyl (C=O) groups excluding carboxylic acids is 1. The third kappa shape index (κ3) is 3.83. The fraction of sp³-hybridized carbons (Fsp3) is 0.955. The maximum absolute atomic E-state index is 11.7. The maximum Gasteiger partial charge on any atom is 1.00 e. The quantitative estimate of drug-likeness (QED) is 0.274. The van der Waals surface area contributed by atoms with E-state index in [1.807, 2.05) is 0 Å². The molecule has 4 rings (SSSR count). The van der Waals surface area contributed by atoms with E-state index in [-0.39, 0.29) is 57.9 Å². The van der Waals surface area contributed by atoms with Crippen LogP contribution < -0.4 is 29.6 Å². The third-order valence-corrected chi connectivity index (χ3v) is 9.90. The first-order valence-electron chi connectivity index (χ1n) is 11.0. The van der Waals surface area contributed by atoms with Gasteiger partial charge in [0.05, 0.1) is 6.10 Å². The zero-order valence-corrected chi connectivity index (χ0v) is 22.3. The molecule has 4 aliphatic carbocycles. The van der Waals surface area contributed by atoms with Crippen molar-refractivity contribution in [3.05, 3.63) is 0 Å². The van der Waals surface area contributed by atoms with Crippen LogP contribution in [0.4, 0.5) is 0 Å². The molecule has 4 saturated carbocycles. The molecule has 0 spiro atoms. The van der Waals surface area contributed by atoms with E-state index in [0.29, 0.717) is 36.0 Å². The van der Waals surface area contributed by atoms with E-state index in [9.17, 15) is 17.8 Å². The zero-order chi connectivity index (χ0) is 21.6. The van der Waals surface area contributed by atoms with Gasteiger partial charge in [-0.1, -0.05) is 34.6 Å². The second kappa shape index (κ2) is 7.69. The standard InChI is InChI=1S/C22H36O6S.Na/c1-12(2)14-9-16(28-29(24,25)26)21(5)8-7-20(4)11-17(27-13(3)23)22(6)10-15(22)19(20)18(14)21;/h12,14-19H,7-11H2,1-6H3,(H,24,25,26);/q;+1/p-1/t14?,15-,16+,17+,18+,19+,20-,21-,22-;/m0./s1. The molecule has 0 bridgehead atoms. The van der Waals surface area contributed by atoms with Gasteiger partial charge in [0, 0.05) is 12.3 Å². The molecule has 0 amide bonds. The van der Waals surface area contributed by atoms with Crippen molar-refractivity contribution in [1.29, 1.82) is 0 Å².